The largest absolute Gasteiger partial charge is 0.337 e. The van der Waals surface area contributed by atoms with Gasteiger partial charge in [-0.15, -0.1) is 0 Å². The van der Waals surface area contributed by atoms with Crippen LogP contribution in [0.15, 0.2) is 6.07 Å². The lowest BCUT2D eigenvalue weighted by molar-refractivity contribution is 0.0737. The van der Waals surface area contributed by atoms with E-state index in [2.05, 4.69) is 16.9 Å². The third-order valence-corrected chi connectivity index (χ3v) is 3.63. The molecule has 0 radical (unpaired) electrons. The number of aryl methyl sites for hydroxylation is 1. The summed E-state index contributed by atoms with van der Waals surface area (Å²) in [4.78, 5) is 22.0. The number of hydrogen-bond donors (Lipinski definition) is 0. The summed E-state index contributed by atoms with van der Waals surface area (Å²) in [6.07, 6.45) is 2.95. The van der Waals surface area contributed by atoms with Crippen LogP contribution in [0.2, 0.25) is 5.28 Å². The molecule has 0 saturated carbocycles. The maximum atomic E-state index is 12.3. The van der Waals surface area contributed by atoms with Gasteiger partial charge in [0.15, 0.2) is 0 Å². The number of carbonyl (C=O) groups excluding carboxylic acids is 1. The number of nitrogens with zero attached hydrogens (tertiary/aromatic N) is 3. The molecule has 1 atom stereocenters. The highest BCUT2D eigenvalue weighted by Gasteiger charge is 2.21. The number of carbonyl (C=O) groups is 1. The fourth-order valence-electron chi connectivity index (χ4n) is 1.68. The van der Waals surface area contributed by atoms with Crippen molar-refractivity contribution >= 4 is 29.3 Å². The van der Waals surface area contributed by atoms with E-state index in [1.165, 1.54) is 0 Å². The van der Waals surface area contributed by atoms with E-state index >= 15 is 0 Å². The van der Waals surface area contributed by atoms with Gasteiger partial charge in [-0.3, -0.25) is 4.79 Å². The molecule has 0 aliphatic rings. The van der Waals surface area contributed by atoms with Gasteiger partial charge in [0.05, 0.1) is 0 Å². The maximum Gasteiger partial charge on any atom is 0.272 e. The lowest BCUT2D eigenvalue weighted by Crippen LogP contribution is -2.38. The minimum atomic E-state index is -0.108. The molecule has 0 bridgehead atoms. The van der Waals surface area contributed by atoms with E-state index in [0.29, 0.717) is 11.4 Å². The van der Waals surface area contributed by atoms with Gasteiger partial charge in [-0.1, -0.05) is 6.92 Å². The van der Waals surface area contributed by atoms with Crippen molar-refractivity contribution in [1.29, 1.82) is 0 Å². The predicted octanol–water partition coefficient (Wildman–Crippen LogP) is 2.65. The van der Waals surface area contributed by atoms with Crippen LogP contribution >= 0.6 is 23.4 Å². The maximum absolute atomic E-state index is 12.3. The Bertz CT molecular complexity index is 408. The Morgan fingerprint density at radius 1 is 1.56 bits per heavy atom. The van der Waals surface area contributed by atoms with E-state index in [0.717, 1.165) is 12.2 Å². The first kappa shape index (κ1) is 15.2. The number of thioether (sulfide) groups is 1. The summed E-state index contributed by atoms with van der Waals surface area (Å²) in [6, 6.07) is 1.87. The van der Waals surface area contributed by atoms with Crippen LogP contribution in [0, 0.1) is 6.92 Å². The first-order valence-corrected chi connectivity index (χ1v) is 7.54. The molecule has 0 fully saturated rings. The van der Waals surface area contributed by atoms with Crippen molar-refractivity contribution in [3.8, 4) is 0 Å². The molecular formula is C12H18ClN3OS. The van der Waals surface area contributed by atoms with Crippen molar-refractivity contribution in [2.75, 3.05) is 19.1 Å². The van der Waals surface area contributed by atoms with Gasteiger partial charge in [-0.2, -0.15) is 11.8 Å². The molecule has 0 aliphatic heterocycles. The number of amides is 1. The van der Waals surface area contributed by atoms with Gasteiger partial charge in [-0.05, 0) is 37.3 Å². The van der Waals surface area contributed by atoms with E-state index < -0.39 is 0 Å². The van der Waals surface area contributed by atoms with Crippen molar-refractivity contribution < 1.29 is 4.79 Å². The molecule has 1 heterocycles. The quantitative estimate of drug-likeness (QED) is 0.781. The molecule has 0 spiro atoms. The van der Waals surface area contributed by atoms with Crippen LogP contribution in [0.1, 0.15) is 29.5 Å². The van der Waals surface area contributed by atoms with Gasteiger partial charge >= 0.3 is 0 Å². The molecule has 1 aromatic heterocycles. The molecule has 4 nitrogen and oxygen atoms in total. The number of hydrogen-bond acceptors (Lipinski definition) is 4. The second-order valence-electron chi connectivity index (χ2n) is 4.10. The first-order chi connectivity index (χ1) is 8.49. The Labute approximate surface area is 117 Å². The third kappa shape index (κ3) is 3.85. The van der Waals surface area contributed by atoms with Gasteiger partial charge < -0.3 is 4.90 Å². The predicted molar refractivity (Wildman–Crippen MR) is 76.3 cm³/mol. The van der Waals surface area contributed by atoms with Gasteiger partial charge in [-0.25, -0.2) is 9.97 Å². The fraction of sp³-hybridized carbons (Fsp3) is 0.583. The highest BCUT2D eigenvalue weighted by atomic mass is 35.5. The van der Waals surface area contributed by atoms with E-state index in [1.54, 1.807) is 36.7 Å². The third-order valence-electron chi connectivity index (χ3n) is 2.74. The van der Waals surface area contributed by atoms with Gasteiger partial charge in [0.1, 0.15) is 5.69 Å². The molecule has 1 unspecified atom stereocenters. The second-order valence-corrected chi connectivity index (χ2v) is 5.35. The van der Waals surface area contributed by atoms with Crippen LogP contribution in [0.3, 0.4) is 0 Å². The molecule has 0 aliphatic carbocycles. The molecule has 6 heteroatoms. The van der Waals surface area contributed by atoms with Crippen molar-refractivity contribution in [1.82, 2.24) is 14.9 Å². The molecule has 1 rings (SSSR count). The highest BCUT2D eigenvalue weighted by Crippen LogP contribution is 2.13. The van der Waals surface area contributed by atoms with Gasteiger partial charge in [0.25, 0.3) is 5.91 Å². The molecule has 0 saturated heterocycles. The molecule has 1 amide bonds. The topological polar surface area (TPSA) is 46.1 Å². The van der Waals surface area contributed by atoms with E-state index in [9.17, 15) is 4.79 Å². The molecule has 0 aromatic carbocycles. The monoisotopic (exact) mass is 287 g/mol. The molecule has 100 valence electrons. The minimum absolute atomic E-state index is 0.108. The SMILES string of the molecule is CCC(CSC)N(C)C(=O)c1cc(C)nc(Cl)n1. The summed E-state index contributed by atoms with van der Waals surface area (Å²) in [7, 11) is 1.80. The summed E-state index contributed by atoms with van der Waals surface area (Å²) in [5.41, 5.74) is 1.05. The molecule has 0 N–H and O–H groups in total. The normalized spacial score (nSPS) is 12.3. The van der Waals surface area contributed by atoms with Crippen LogP contribution in [0.4, 0.5) is 0 Å². The summed E-state index contributed by atoms with van der Waals surface area (Å²) in [6.45, 7) is 3.87. The van der Waals surface area contributed by atoms with Crippen LogP contribution < -0.4 is 0 Å². The zero-order chi connectivity index (χ0) is 13.7. The number of rotatable bonds is 5. The lowest BCUT2D eigenvalue weighted by atomic mass is 10.2. The Hall–Kier alpha value is -0.810. The number of halogens is 1. The smallest absolute Gasteiger partial charge is 0.272 e. The Morgan fingerprint density at radius 3 is 2.72 bits per heavy atom. The Balaban J connectivity index is 2.91. The van der Waals surface area contributed by atoms with Crippen LogP contribution in [-0.2, 0) is 0 Å². The molecule has 18 heavy (non-hydrogen) atoms. The van der Waals surface area contributed by atoms with Crippen molar-refractivity contribution in [3.63, 3.8) is 0 Å². The van der Waals surface area contributed by atoms with Crippen molar-refractivity contribution in [2.45, 2.75) is 26.3 Å². The molecule has 1 aromatic rings. The minimum Gasteiger partial charge on any atom is -0.337 e. The van der Waals surface area contributed by atoms with E-state index in [1.807, 2.05) is 6.26 Å². The van der Waals surface area contributed by atoms with Crippen LogP contribution in [0.5, 0.6) is 0 Å². The fourth-order valence-corrected chi connectivity index (χ4v) is 2.75. The van der Waals surface area contributed by atoms with E-state index in [-0.39, 0.29) is 17.2 Å². The zero-order valence-electron chi connectivity index (χ0n) is 11.1. The van der Waals surface area contributed by atoms with Gasteiger partial charge in [0.2, 0.25) is 5.28 Å². The van der Waals surface area contributed by atoms with Crippen LogP contribution in [0.25, 0.3) is 0 Å². The number of aromatic nitrogens is 2. The van der Waals surface area contributed by atoms with Crippen molar-refractivity contribution in [3.05, 3.63) is 22.7 Å². The summed E-state index contributed by atoms with van der Waals surface area (Å²) >= 11 is 7.51. The van der Waals surface area contributed by atoms with Gasteiger partial charge in [0, 0.05) is 24.5 Å². The average Bonchev–Trinajstić information content (AvgIpc) is 2.33. The van der Waals surface area contributed by atoms with E-state index in [4.69, 9.17) is 11.6 Å². The molecular weight excluding hydrogens is 270 g/mol. The summed E-state index contributed by atoms with van der Waals surface area (Å²) in [5, 5.41) is 0.115. The Kier molecular flexibility index (Phi) is 5.88. The highest BCUT2D eigenvalue weighted by molar-refractivity contribution is 7.98. The second kappa shape index (κ2) is 6.95. The summed E-state index contributed by atoms with van der Waals surface area (Å²) < 4.78 is 0. The van der Waals surface area contributed by atoms with Crippen molar-refractivity contribution in [2.24, 2.45) is 0 Å². The standard InChI is InChI=1S/C12H18ClN3OS/c1-5-9(7-18-4)16(3)11(17)10-6-8(2)14-12(13)15-10/h6,9H,5,7H2,1-4H3. The summed E-state index contributed by atoms with van der Waals surface area (Å²) in [5.74, 6) is 0.805. The lowest BCUT2D eigenvalue weighted by Gasteiger charge is -2.26. The Morgan fingerprint density at radius 2 is 2.22 bits per heavy atom. The zero-order valence-corrected chi connectivity index (χ0v) is 12.7. The first-order valence-electron chi connectivity index (χ1n) is 5.76. The van der Waals surface area contributed by atoms with Crippen LogP contribution in [-0.4, -0.2) is 45.9 Å². The average molecular weight is 288 g/mol.